The molecule has 0 bridgehead atoms. The summed E-state index contributed by atoms with van der Waals surface area (Å²) in [4.78, 5) is 15.7. The minimum atomic E-state index is -0.233. The van der Waals surface area contributed by atoms with Gasteiger partial charge < -0.3 is 9.64 Å². The molecule has 0 saturated heterocycles. The van der Waals surface area contributed by atoms with Crippen LogP contribution >= 0.6 is 0 Å². The molecule has 0 unspecified atom stereocenters. The van der Waals surface area contributed by atoms with Gasteiger partial charge in [0.05, 0.1) is 7.11 Å². The van der Waals surface area contributed by atoms with Crippen molar-refractivity contribution in [2.45, 2.75) is 33.4 Å². The molecule has 1 aliphatic rings. The summed E-state index contributed by atoms with van der Waals surface area (Å²) in [5.74, 6) is 0. The van der Waals surface area contributed by atoms with Gasteiger partial charge in [-0.05, 0) is 36.2 Å². The van der Waals surface area contributed by atoms with Gasteiger partial charge in [-0.15, -0.1) is 0 Å². The monoisotopic (exact) mass is 276 g/mol. The minimum Gasteiger partial charge on any atom is -0.453 e. The van der Waals surface area contributed by atoms with Crippen molar-refractivity contribution in [3.8, 4) is 0 Å². The number of carbonyl (C=O) groups is 1. The standard InChI is InChI=1S/C16H24N2O2/c1-4-17(5-2)11-13-6-7-15-12-18(16(19)20-3)9-8-14(15)10-13/h6-7,10H,4-5,8-9,11-12H2,1-3H3. The Morgan fingerprint density at radius 2 is 2.05 bits per heavy atom. The van der Waals surface area contributed by atoms with Crippen LogP contribution in [0.1, 0.15) is 30.5 Å². The zero-order valence-electron chi connectivity index (χ0n) is 12.7. The Morgan fingerprint density at radius 3 is 2.70 bits per heavy atom. The van der Waals surface area contributed by atoms with Crippen LogP contribution in [-0.4, -0.2) is 42.6 Å². The number of fused-ring (bicyclic) bond motifs is 1. The molecule has 20 heavy (non-hydrogen) atoms. The molecule has 0 atom stereocenters. The molecule has 2 rings (SSSR count). The lowest BCUT2D eigenvalue weighted by Gasteiger charge is -2.28. The molecule has 1 amide bonds. The first-order valence-electron chi connectivity index (χ1n) is 7.33. The van der Waals surface area contributed by atoms with E-state index < -0.39 is 0 Å². The summed E-state index contributed by atoms with van der Waals surface area (Å²) in [6.07, 6.45) is 0.680. The largest absolute Gasteiger partial charge is 0.453 e. The van der Waals surface area contributed by atoms with Crippen LogP contribution in [0.25, 0.3) is 0 Å². The molecule has 110 valence electrons. The molecule has 1 aromatic rings. The first kappa shape index (κ1) is 14.9. The number of methoxy groups -OCH3 is 1. The van der Waals surface area contributed by atoms with Crippen LogP contribution in [0.4, 0.5) is 4.79 Å². The van der Waals surface area contributed by atoms with E-state index in [1.54, 1.807) is 4.90 Å². The second-order valence-corrected chi connectivity index (χ2v) is 5.21. The third-order valence-corrected chi connectivity index (χ3v) is 4.02. The Hall–Kier alpha value is -1.55. The molecule has 0 aliphatic carbocycles. The lowest BCUT2D eigenvalue weighted by molar-refractivity contribution is 0.118. The molecule has 0 spiro atoms. The van der Waals surface area contributed by atoms with Crippen molar-refractivity contribution in [3.63, 3.8) is 0 Å². The quantitative estimate of drug-likeness (QED) is 0.847. The number of nitrogens with zero attached hydrogens (tertiary/aromatic N) is 2. The number of benzene rings is 1. The smallest absolute Gasteiger partial charge is 0.409 e. The van der Waals surface area contributed by atoms with Crippen molar-refractivity contribution < 1.29 is 9.53 Å². The summed E-state index contributed by atoms with van der Waals surface area (Å²) in [5, 5.41) is 0. The van der Waals surface area contributed by atoms with Crippen LogP contribution in [0, 0.1) is 0 Å². The van der Waals surface area contributed by atoms with Gasteiger partial charge in [-0.3, -0.25) is 4.90 Å². The third kappa shape index (κ3) is 3.31. The summed E-state index contributed by atoms with van der Waals surface area (Å²) in [6.45, 7) is 8.93. The second kappa shape index (κ2) is 6.75. The topological polar surface area (TPSA) is 32.8 Å². The van der Waals surface area contributed by atoms with Gasteiger partial charge in [0.2, 0.25) is 0 Å². The van der Waals surface area contributed by atoms with Crippen molar-refractivity contribution in [2.75, 3.05) is 26.7 Å². The number of hydrogen-bond donors (Lipinski definition) is 0. The van der Waals surface area contributed by atoms with Crippen LogP contribution in [0.5, 0.6) is 0 Å². The van der Waals surface area contributed by atoms with Gasteiger partial charge in [0.25, 0.3) is 0 Å². The SMILES string of the molecule is CCN(CC)Cc1ccc2c(c1)CCN(C(=O)OC)C2. The van der Waals surface area contributed by atoms with Gasteiger partial charge in [0.1, 0.15) is 0 Å². The summed E-state index contributed by atoms with van der Waals surface area (Å²) in [5.41, 5.74) is 3.97. The first-order valence-corrected chi connectivity index (χ1v) is 7.33. The van der Waals surface area contributed by atoms with Crippen LogP contribution < -0.4 is 0 Å². The lowest BCUT2D eigenvalue weighted by Crippen LogP contribution is -2.35. The number of amides is 1. The fourth-order valence-electron chi connectivity index (χ4n) is 2.70. The molecule has 1 heterocycles. The van der Waals surface area contributed by atoms with E-state index in [0.29, 0.717) is 6.54 Å². The Morgan fingerprint density at radius 1 is 1.30 bits per heavy atom. The molecule has 0 aromatic heterocycles. The van der Waals surface area contributed by atoms with Gasteiger partial charge in [0.15, 0.2) is 0 Å². The van der Waals surface area contributed by atoms with Crippen molar-refractivity contribution >= 4 is 6.09 Å². The van der Waals surface area contributed by atoms with Crippen LogP contribution in [0.15, 0.2) is 18.2 Å². The maximum atomic E-state index is 11.6. The third-order valence-electron chi connectivity index (χ3n) is 4.02. The second-order valence-electron chi connectivity index (χ2n) is 5.21. The molecule has 0 saturated carbocycles. The fraction of sp³-hybridized carbons (Fsp3) is 0.562. The highest BCUT2D eigenvalue weighted by molar-refractivity contribution is 5.68. The van der Waals surface area contributed by atoms with Crippen molar-refractivity contribution in [3.05, 3.63) is 34.9 Å². The molecule has 4 heteroatoms. The van der Waals surface area contributed by atoms with Gasteiger partial charge in [-0.25, -0.2) is 4.79 Å². The Balaban J connectivity index is 2.08. The molecule has 0 fully saturated rings. The Labute approximate surface area is 121 Å². The lowest BCUT2D eigenvalue weighted by atomic mass is 9.97. The maximum absolute atomic E-state index is 11.6. The fourth-order valence-corrected chi connectivity index (χ4v) is 2.70. The summed E-state index contributed by atoms with van der Waals surface area (Å²) in [6, 6.07) is 6.63. The van der Waals surface area contributed by atoms with Gasteiger partial charge in [0, 0.05) is 19.6 Å². The average Bonchev–Trinajstić information content (AvgIpc) is 2.51. The molecule has 4 nitrogen and oxygen atoms in total. The van der Waals surface area contributed by atoms with Gasteiger partial charge in [-0.1, -0.05) is 32.0 Å². The number of carbonyl (C=O) groups excluding carboxylic acids is 1. The molecule has 1 aliphatic heterocycles. The van der Waals surface area contributed by atoms with E-state index in [1.165, 1.54) is 23.8 Å². The van der Waals surface area contributed by atoms with Crippen molar-refractivity contribution in [2.24, 2.45) is 0 Å². The predicted octanol–water partition coefficient (Wildman–Crippen LogP) is 2.65. The van der Waals surface area contributed by atoms with Crippen molar-refractivity contribution in [1.29, 1.82) is 0 Å². The predicted molar refractivity (Wildman–Crippen MR) is 79.6 cm³/mol. The van der Waals surface area contributed by atoms with Crippen LogP contribution in [0.2, 0.25) is 0 Å². The Kier molecular flexibility index (Phi) is 5.01. The number of rotatable bonds is 4. The zero-order valence-corrected chi connectivity index (χ0v) is 12.7. The zero-order chi connectivity index (χ0) is 14.5. The normalized spacial score (nSPS) is 14.3. The van der Waals surface area contributed by atoms with Crippen LogP contribution in [-0.2, 0) is 24.2 Å². The van der Waals surface area contributed by atoms with E-state index in [2.05, 4.69) is 36.9 Å². The van der Waals surface area contributed by atoms with Gasteiger partial charge in [-0.2, -0.15) is 0 Å². The van der Waals surface area contributed by atoms with E-state index in [0.717, 1.165) is 32.6 Å². The Bertz CT molecular complexity index is 470. The number of hydrogen-bond acceptors (Lipinski definition) is 3. The molecule has 1 aromatic carbocycles. The van der Waals surface area contributed by atoms with Crippen molar-refractivity contribution in [1.82, 2.24) is 9.80 Å². The van der Waals surface area contributed by atoms with E-state index in [-0.39, 0.29) is 6.09 Å². The van der Waals surface area contributed by atoms with Crippen LogP contribution in [0.3, 0.4) is 0 Å². The molecular formula is C16H24N2O2. The van der Waals surface area contributed by atoms with Gasteiger partial charge >= 0.3 is 6.09 Å². The highest BCUT2D eigenvalue weighted by Gasteiger charge is 2.21. The maximum Gasteiger partial charge on any atom is 0.409 e. The summed E-state index contributed by atoms with van der Waals surface area (Å²) in [7, 11) is 1.44. The summed E-state index contributed by atoms with van der Waals surface area (Å²) >= 11 is 0. The highest BCUT2D eigenvalue weighted by Crippen LogP contribution is 2.21. The first-order chi connectivity index (χ1) is 9.67. The molecule has 0 radical (unpaired) electrons. The van der Waals surface area contributed by atoms with E-state index in [9.17, 15) is 4.79 Å². The molecule has 0 N–H and O–H groups in total. The van der Waals surface area contributed by atoms with E-state index in [4.69, 9.17) is 4.74 Å². The minimum absolute atomic E-state index is 0.233. The average molecular weight is 276 g/mol. The van der Waals surface area contributed by atoms with E-state index >= 15 is 0 Å². The van der Waals surface area contributed by atoms with E-state index in [1.807, 2.05) is 0 Å². The number of ether oxygens (including phenoxy) is 1. The summed E-state index contributed by atoms with van der Waals surface area (Å²) < 4.78 is 4.79. The highest BCUT2D eigenvalue weighted by atomic mass is 16.5. The molecular weight excluding hydrogens is 252 g/mol.